The maximum atomic E-state index is 14.2. The van der Waals surface area contributed by atoms with Gasteiger partial charge >= 0.3 is 12.1 Å². The van der Waals surface area contributed by atoms with Gasteiger partial charge in [0.05, 0.1) is 31.8 Å². The summed E-state index contributed by atoms with van der Waals surface area (Å²) < 4.78 is 22.3. The van der Waals surface area contributed by atoms with Crippen LogP contribution in [0.1, 0.15) is 49.5 Å². The minimum absolute atomic E-state index is 0.0289. The van der Waals surface area contributed by atoms with Gasteiger partial charge in [-0.05, 0) is 48.6 Å². The lowest BCUT2D eigenvalue weighted by molar-refractivity contribution is -0.158. The average molecular weight is 686 g/mol. The summed E-state index contributed by atoms with van der Waals surface area (Å²) in [5.74, 6) is -4.00. The van der Waals surface area contributed by atoms with Crippen molar-refractivity contribution in [2.24, 2.45) is 5.92 Å². The number of esters is 1. The molecule has 0 saturated carbocycles. The molecule has 2 amide bonds. The Balaban J connectivity index is 1.39. The molecule has 264 valence electrons. The van der Waals surface area contributed by atoms with Gasteiger partial charge in [-0.1, -0.05) is 91.0 Å². The zero-order chi connectivity index (χ0) is 35.9. The Morgan fingerprint density at radius 3 is 2.14 bits per heavy atom. The van der Waals surface area contributed by atoms with E-state index in [9.17, 15) is 29.1 Å². The molecule has 1 heterocycles. The van der Waals surface area contributed by atoms with Crippen LogP contribution in [0.2, 0.25) is 0 Å². The molecule has 11 nitrogen and oxygen atoms in total. The molecule has 4 rings (SSSR count). The highest BCUT2D eigenvalue weighted by atomic mass is 16.6. The van der Waals surface area contributed by atoms with E-state index in [1.165, 1.54) is 0 Å². The standard InChI is InChI=1S/C39H43NO10/c1-27-36(31-17-10-5-11-18-31)50-39(46)40(27)38(45)34(23-29-13-6-3-7-14-29)37(49-28(2)42)35(44)21-20-32(43)19-12-22-47-26-33(24-41)48-25-30-15-8-4-9-16-30/h3-11,13-18,20-21,27,33-34,36-37,41H,12,19,22-26H2,1-2H3/t27-,33-,34-,36-,37-/m1/s1. The number of aliphatic hydroxyl groups excluding tert-OH is 1. The number of imide groups is 1. The summed E-state index contributed by atoms with van der Waals surface area (Å²) in [4.78, 5) is 66.7. The molecule has 1 aliphatic heterocycles. The van der Waals surface area contributed by atoms with E-state index in [1.807, 2.05) is 36.4 Å². The molecule has 1 fully saturated rings. The summed E-state index contributed by atoms with van der Waals surface area (Å²) in [7, 11) is 0. The Morgan fingerprint density at radius 1 is 0.900 bits per heavy atom. The van der Waals surface area contributed by atoms with Gasteiger partial charge in [0, 0.05) is 20.0 Å². The van der Waals surface area contributed by atoms with Gasteiger partial charge in [0.1, 0.15) is 12.2 Å². The first-order valence-electron chi connectivity index (χ1n) is 16.6. The number of ketones is 2. The van der Waals surface area contributed by atoms with E-state index in [4.69, 9.17) is 18.9 Å². The van der Waals surface area contributed by atoms with Crippen LogP contribution < -0.4 is 0 Å². The molecule has 3 aromatic rings. The van der Waals surface area contributed by atoms with Crippen LogP contribution in [0.3, 0.4) is 0 Å². The van der Waals surface area contributed by atoms with Crippen LogP contribution in [-0.2, 0) is 51.2 Å². The fourth-order valence-electron chi connectivity index (χ4n) is 5.59. The summed E-state index contributed by atoms with van der Waals surface area (Å²) in [5, 5.41) is 9.59. The van der Waals surface area contributed by atoms with Crippen LogP contribution in [0.15, 0.2) is 103 Å². The van der Waals surface area contributed by atoms with Crippen LogP contribution >= 0.6 is 0 Å². The minimum atomic E-state index is -1.62. The average Bonchev–Trinajstić information content (AvgIpc) is 3.43. The number of amides is 2. The number of rotatable bonds is 19. The lowest BCUT2D eigenvalue weighted by atomic mass is 9.89. The highest BCUT2D eigenvalue weighted by Gasteiger charge is 2.48. The van der Waals surface area contributed by atoms with Crippen molar-refractivity contribution < 1.29 is 48.0 Å². The van der Waals surface area contributed by atoms with Gasteiger partial charge < -0.3 is 24.1 Å². The summed E-state index contributed by atoms with van der Waals surface area (Å²) in [6.07, 6.45) is -1.29. The summed E-state index contributed by atoms with van der Waals surface area (Å²) in [5.41, 5.74) is 2.34. The summed E-state index contributed by atoms with van der Waals surface area (Å²) in [6, 6.07) is 26.6. The van der Waals surface area contributed by atoms with Crippen molar-refractivity contribution in [3.63, 3.8) is 0 Å². The Hall–Kier alpha value is -4.97. The van der Waals surface area contributed by atoms with Gasteiger partial charge in [0.2, 0.25) is 5.91 Å². The largest absolute Gasteiger partial charge is 0.453 e. The first-order valence-corrected chi connectivity index (χ1v) is 16.6. The maximum absolute atomic E-state index is 14.2. The molecule has 1 aliphatic rings. The van der Waals surface area contributed by atoms with Crippen molar-refractivity contribution in [1.82, 2.24) is 4.90 Å². The van der Waals surface area contributed by atoms with Crippen molar-refractivity contribution in [1.29, 1.82) is 0 Å². The van der Waals surface area contributed by atoms with Crippen molar-refractivity contribution in [3.8, 4) is 0 Å². The SMILES string of the molecule is CC(=O)O[C@@H](C(=O)C=CC(=O)CCCOC[C@@H](CO)OCc1ccccc1)[C@@H](Cc1ccccc1)C(=O)N1C(=O)O[C@@H](c2ccccc2)[C@H]1C. The first kappa shape index (κ1) is 37.8. The Morgan fingerprint density at radius 2 is 1.52 bits per heavy atom. The molecule has 0 aromatic heterocycles. The van der Waals surface area contributed by atoms with E-state index >= 15 is 0 Å². The third-order valence-electron chi connectivity index (χ3n) is 8.17. The molecule has 3 aromatic carbocycles. The van der Waals surface area contributed by atoms with Crippen LogP contribution in [0.5, 0.6) is 0 Å². The number of aliphatic hydroxyl groups is 1. The van der Waals surface area contributed by atoms with E-state index in [0.29, 0.717) is 24.2 Å². The van der Waals surface area contributed by atoms with Crippen LogP contribution in [0.25, 0.3) is 0 Å². The van der Waals surface area contributed by atoms with E-state index in [2.05, 4.69) is 0 Å². The predicted octanol–water partition coefficient (Wildman–Crippen LogP) is 4.95. The van der Waals surface area contributed by atoms with Crippen LogP contribution in [-0.4, -0.2) is 77.6 Å². The number of cyclic esters (lactones) is 1. The zero-order valence-electron chi connectivity index (χ0n) is 28.2. The Labute approximate surface area is 291 Å². The molecule has 0 bridgehead atoms. The van der Waals surface area contributed by atoms with E-state index in [-0.39, 0.29) is 38.4 Å². The van der Waals surface area contributed by atoms with Gasteiger partial charge in [-0.2, -0.15) is 0 Å². The third-order valence-corrected chi connectivity index (χ3v) is 8.17. The van der Waals surface area contributed by atoms with E-state index in [0.717, 1.165) is 29.5 Å². The third kappa shape index (κ3) is 11.0. The van der Waals surface area contributed by atoms with Gasteiger partial charge in [0.15, 0.2) is 17.7 Å². The molecular weight excluding hydrogens is 642 g/mol. The monoisotopic (exact) mass is 685 g/mol. The molecule has 0 unspecified atom stereocenters. The summed E-state index contributed by atoms with van der Waals surface area (Å²) in [6.45, 7) is 3.25. The number of carbonyl (C=O) groups is 5. The number of ether oxygens (including phenoxy) is 4. The fraction of sp³-hybridized carbons (Fsp3) is 0.359. The Kier molecular flexibility index (Phi) is 14.6. The van der Waals surface area contributed by atoms with Crippen molar-refractivity contribution in [2.45, 2.75) is 64.1 Å². The number of hydrogen-bond donors (Lipinski definition) is 1. The Bertz CT molecular complexity index is 1590. The maximum Gasteiger partial charge on any atom is 0.417 e. The molecule has 50 heavy (non-hydrogen) atoms. The van der Waals surface area contributed by atoms with Crippen LogP contribution in [0, 0.1) is 5.92 Å². The second-order valence-corrected chi connectivity index (χ2v) is 12.0. The molecular formula is C39H43NO10. The van der Waals surface area contributed by atoms with Crippen molar-refractivity contribution >= 4 is 29.5 Å². The van der Waals surface area contributed by atoms with E-state index < -0.39 is 54.0 Å². The normalized spacial score (nSPS) is 17.6. The smallest absolute Gasteiger partial charge is 0.417 e. The fourth-order valence-corrected chi connectivity index (χ4v) is 5.59. The minimum Gasteiger partial charge on any atom is -0.453 e. The van der Waals surface area contributed by atoms with Crippen molar-refractivity contribution in [2.75, 3.05) is 19.8 Å². The van der Waals surface area contributed by atoms with Crippen LogP contribution in [0.4, 0.5) is 4.79 Å². The molecule has 5 atom stereocenters. The van der Waals surface area contributed by atoms with Gasteiger partial charge in [-0.15, -0.1) is 0 Å². The molecule has 1 N–H and O–H groups in total. The van der Waals surface area contributed by atoms with E-state index in [1.54, 1.807) is 61.5 Å². The number of carbonyl (C=O) groups excluding carboxylic acids is 5. The molecule has 0 spiro atoms. The number of benzene rings is 3. The molecule has 0 aliphatic carbocycles. The van der Waals surface area contributed by atoms with Crippen molar-refractivity contribution in [3.05, 3.63) is 120 Å². The quantitative estimate of drug-likeness (QED) is 0.104. The lowest BCUT2D eigenvalue weighted by Gasteiger charge is -2.28. The number of nitrogens with zero attached hydrogens (tertiary/aromatic N) is 1. The molecule has 0 radical (unpaired) electrons. The van der Waals surface area contributed by atoms with Gasteiger partial charge in [0.25, 0.3) is 0 Å². The number of hydrogen-bond acceptors (Lipinski definition) is 10. The highest BCUT2D eigenvalue weighted by Crippen LogP contribution is 2.34. The molecule has 1 saturated heterocycles. The molecule has 11 heteroatoms. The zero-order valence-corrected chi connectivity index (χ0v) is 28.2. The second kappa shape index (κ2) is 19.3. The predicted molar refractivity (Wildman–Crippen MR) is 182 cm³/mol. The van der Waals surface area contributed by atoms with Gasteiger partial charge in [-0.3, -0.25) is 19.2 Å². The number of allylic oxidation sites excluding steroid dienone is 1. The first-order chi connectivity index (χ1) is 24.2. The van der Waals surface area contributed by atoms with Gasteiger partial charge in [-0.25, -0.2) is 9.69 Å². The highest BCUT2D eigenvalue weighted by molar-refractivity contribution is 6.04. The summed E-state index contributed by atoms with van der Waals surface area (Å²) >= 11 is 0. The lowest BCUT2D eigenvalue weighted by Crippen LogP contribution is -2.48. The topological polar surface area (TPSA) is 146 Å². The second-order valence-electron chi connectivity index (χ2n) is 12.0.